The molecule has 1 aromatic rings. The summed E-state index contributed by atoms with van der Waals surface area (Å²) in [5.41, 5.74) is -0.212. The summed E-state index contributed by atoms with van der Waals surface area (Å²) in [5, 5.41) is 11.9. The molecule has 0 bridgehead atoms. The first kappa shape index (κ1) is 18.0. The minimum atomic E-state index is -1.05. The fraction of sp³-hybridized carbons (Fsp3) is 0.529. The maximum atomic E-state index is 13.4. The molecule has 1 aliphatic heterocycles. The van der Waals surface area contributed by atoms with Crippen LogP contribution < -0.4 is 5.32 Å². The molecule has 1 heterocycles. The van der Waals surface area contributed by atoms with E-state index in [9.17, 15) is 19.1 Å². The second kappa shape index (κ2) is 7.07. The number of carbonyl (C=O) groups is 2. The van der Waals surface area contributed by atoms with Gasteiger partial charge >= 0.3 is 6.09 Å². The Kier molecular flexibility index (Phi) is 5.31. The van der Waals surface area contributed by atoms with Crippen molar-refractivity contribution in [2.75, 3.05) is 13.1 Å². The Morgan fingerprint density at radius 1 is 1.33 bits per heavy atom. The van der Waals surface area contributed by atoms with E-state index in [1.807, 2.05) is 0 Å². The summed E-state index contributed by atoms with van der Waals surface area (Å²) in [4.78, 5) is 26.2. The average molecular weight is 338 g/mol. The van der Waals surface area contributed by atoms with Crippen LogP contribution >= 0.6 is 0 Å². The molecule has 2 atom stereocenters. The first-order valence-corrected chi connectivity index (χ1v) is 7.87. The van der Waals surface area contributed by atoms with Gasteiger partial charge in [-0.15, -0.1) is 0 Å². The van der Waals surface area contributed by atoms with Crippen molar-refractivity contribution in [3.05, 3.63) is 29.8 Å². The van der Waals surface area contributed by atoms with Crippen LogP contribution in [-0.2, 0) is 9.53 Å². The van der Waals surface area contributed by atoms with Crippen molar-refractivity contribution in [1.82, 2.24) is 10.2 Å². The van der Waals surface area contributed by atoms with Gasteiger partial charge in [0.25, 0.3) is 0 Å². The topological polar surface area (TPSA) is 78.9 Å². The van der Waals surface area contributed by atoms with Crippen molar-refractivity contribution in [2.45, 2.75) is 45.0 Å². The maximum absolute atomic E-state index is 13.4. The lowest BCUT2D eigenvalue weighted by Gasteiger charge is -2.26. The van der Waals surface area contributed by atoms with E-state index in [1.165, 1.54) is 29.2 Å². The molecule has 24 heavy (non-hydrogen) atoms. The average Bonchev–Trinajstić information content (AvgIpc) is 2.90. The Labute approximate surface area is 140 Å². The normalized spacial score (nSPS) is 19.0. The zero-order valence-corrected chi connectivity index (χ0v) is 14.1. The Morgan fingerprint density at radius 2 is 1.96 bits per heavy atom. The molecule has 2 N–H and O–H groups in total. The minimum absolute atomic E-state index is 0.0173. The van der Waals surface area contributed by atoms with Gasteiger partial charge in [-0.25, -0.2) is 9.18 Å². The van der Waals surface area contributed by atoms with Crippen LogP contribution in [0.3, 0.4) is 0 Å². The summed E-state index contributed by atoms with van der Waals surface area (Å²) < 4.78 is 18.6. The third kappa shape index (κ3) is 4.84. The van der Waals surface area contributed by atoms with Gasteiger partial charge in [0.05, 0.1) is 6.54 Å². The number of nitrogens with zero attached hydrogens (tertiary/aromatic N) is 1. The lowest BCUT2D eigenvalue weighted by atomic mass is 10.1. The molecule has 132 valence electrons. The number of aromatic hydroxyl groups is 1. The number of alkyl halides is 1. The maximum Gasteiger partial charge on any atom is 0.408 e. The number of likely N-dealkylation sites (tertiary alicyclic amines) is 1. The number of ether oxygens (including phenoxy) is 1. The highest BCUT2D eigenvalue weighted by Gasteiger charge is 2.33. The zero-order valence-electron chi connectivity index (χ0n) is 14.1. The summed E-state index contributed by atoms with van der Waals surface area (Å²) in [5.74, 6) is -0.348. The summed E-state index contributed by atoms with van der Waals surface area (Å²) >= 11 is 0. The Bertz CT molecular complexity index is 598. The van der Waals surface area contributed by atoms with Gasteiger partial charge in [-0.2, -0.15) is 0 Å². The second-order valence-corrected chi connectivity index (χ2v) is 6.84. The monoisotopic (exact) mass is 338 g/mol. The molecule has 0 aromatic heterocycles. The smallest absolute Gasteiger partial charge is 0.408 e. The zero-order chi connectivity index (χ0) is 17.9. The molecule has 7 heteroatoms. The van der Waals surface area contributed by atoms with E-state index in [4.69, 9.17) is 4.74 Å². The molecular weight excluding hydrogens is 315 g/mol. The number of phenols is 1. The van der Waals surface area contributed by atoms with Crippen molar-refractivity contribution in [1.29, 1.82) is 0 Å². The molecule has 2 amide bonds. The van der Waals surface area contributed by atoms with E-state index in [0.717, 1.165) is 0 Å². The molecule has 1 aromatic carbocycles. The molecule has 6 nitrogen and oxygen atoms in total. The Hall–Kier alpha value is -2.31. The van der Waals surface area contributed by atoms with E-state index < -0.39 is 29.8 Å². The lowest BCUT2D eigenvalue weighted by Crippen LogP contribution is -2.43. The third-order valence-electron chi connectivity index (χ3n) is 3.58. The molecular formula is C17H23FN2O4. The highest BCUT2D eigenvalue weighted by molar-refractivity contribution is 5.87. The van der Waals surface area contributed by atoms with Crippen molar-refractivity contribution >= 4 is 12.0 Å². The molecule has 0 spiro atoms. The third-order valence-corrected chi connectivity index (χ3v) is 3.58. The molecule has 0 aliphatic carbocycles. The standard InChI is InChI=1S/C17H23FN2O4/c1-17(2,3)24-16(23)19-14(11-4-6-13(21)7-5-11)15(22)20-9-8-12(18)10-20/h4-7,12,14,21H,8-10H2,1-3H3,(H,19,23)/t12-,14?/m0/s1. The van der Waals surface area contributed by atoms with Gasteiger partial charge < -0.3 is 20.1 Å². The summed E-state index contributed by atoms with van der Waals surface area (Å²) in [6.45, 7) is 5.49. The van der Waals surface area contributed by atoms with Gasteiger partial charge in [0.15, 0.2) is 0 Å². The molecule has 1 fully saturated rings. The number of amides is 2. The highest BCUT2D eigenvalue weighted by Crippen LogP contribution is 2.23. The van der Waals surface area contributed by atoms with E-state index in [-0.39, 0.29) is 12.3 Å². The van der Waals surface area contributed by atoms with Crippen LogP contribution in [0.4, 0.5) is 9.18 Å². The number of nitrogens with one attached hydrogen (secondary N) is 1. The predicted molar refractivity (Wildman–Crippen MR) is 86.3 cm³/mol. The van der Waals surface area contributed by atoms with Crippen LogP contribution in [0.15, 0.2) is 24.3 Å². The number of rotatable bonds is 3. The largest absolute Gasteiger partial charge is 0.508 e. The predicted octanol–water partition coefficient (Wildman–Crippen LogP) is 2.53. The number of carbonyl (C=O) groups excluding carboxylic acids is 2. The fourth-order valence-electron chi connectivity index (χ4n) is 2.48. The van der Waals surface area contributed by atoms with Gasteiger partial charge in [0.1, 0.15) is 23.6 Å². The molecule has 1 aliphatic rings. The van der Waals surface area contributed by atoms with Crippen LogP contribution in [0.2, 0.25) is 0 Å². The Balaban J connectivity index is 2.19. The van der Waals surface area contributed by atoms with Crippen molar-refractivity contribution in [3.8, 4) is 5.75 Å². The minimum Gasteiger partial charge on any atom is -0.508 e. The van der Waals surface area contributed by atoms with E-state index in [1.54, 1.807) is 20.8 Å². The van der Waals surface area contributed by atoms with E-state index in [0.29, 0.717) is 18.5 Å². The van der Waals surface area contributed by atoms with Gasteiger partial charge in [-0.3, -0.25) is 4.79 Å². The number of hydrogen-bond acceptors (Lipinski definition) is 4. The number of phenolic OH excluding ortho intramolecular Hbond substituents is 1. The van der Waals surface area contributed by atoms with Crippen LogP contribution in [0.25, 0.3) is 0 Å². The highest BCUT2D eigenvalue weighted by atomic mass is 19.1. The summed E-state index contributed by atoms with van der Waals surface area (Å²) in [6.07, 6.45) is -1.48. The van der Waals surface area contributed by atoms with Gasteiger partial charge in [-0.05, 0) is 44.9 Å². The number of benzene rings is 1. The molecule has 0 radical (unpaired) electrons. The van der Waals surface area contributed by atoms with E-state index in [2.05, 4.69) is 5.32 Å². The first-order valence-electron chi connectivity index (χ1n) is 7.87. The molecule has 1 unspecified atom stereocenters. The quantitative estimate of drug-likeness (QED) is 0.888. The molecule has 1 saturated heterocycles. The summed E-state index contributed by atoms with van der Waals surface area (Å²) in [6, 6.07) is 4.94. The number of alkyl carbamates (subject to hydrolysis) is 1. The Morgan fingerprint density at radius 3 is 2.46 bits per heavy atom. The van der Waals surface area contributed by atoms with Crippen molar-refractivity contribution in [3.63, 3.8) is 0 Å². The van der Waals surface area contributed by atoms with Crippen LogP contribution in [0.5, 0.6) is 5.75 Å². The van der Waals surface area contributed by atoms with Crippen molar-refractivity contribution < 1.29 is 23.8 Å². The lowest BCUT2D eigenvalue weighted by molar-refractivity contribution is -0.132. The second-order valence-electron chi connectivity index (χ2n) is 6.84. The van der Waals surface area contributed by atoms with Gasteiger partial charge in [-0.1, -0.05) is 12.1 Å². The van der Waals surface area contributed by atoms with Crippen molar-refractivity contribution in [2.24, 2.45) is 0 Å². The summed E-state index contributed by atoms with van der Waals surface area (Å²) in [7, 11) is 0. The van der Waals surface area contributed by atoms with Gasteiger partial charge in [0.2, 0.25) is 5.91 Å². The van der Waals surface area contributed by atoms with Crippen LogP contribution in [-0.4, -0.2) is 46.9 Å². The first-order chi connectivity index (χ1) is 11.2. The van der Waals surface area contributed by atoms with E-state index >= 15 is 0 Å². The fourth-order valence-corrected chi connectivity index (χ4v) is 2.48. The molecule has 2 rings (SSSR count). The van der Waals surface area contributed by atoms with Crippen LogP contribution in [0, 0.1) is 0 Å². The SMILES string of the molecule is CC(C)(C)OC(=O)NC(C(=O)N1CC[C@H](F)C1)c1ccc(O)cc1. The number of halogens is 1. The molecule has 0 saturated carbocycles. The van der Waals surface area contributed by atoms with Gasteiger partial charge in [0, 0.05) is 6.54 Å². The number of hydrogen-bond donors (Lipinski definition) is 2. The van der Waals surface area contributed by atoms with Crippen LogP contribution in [0.1, 0.15) is 38.8 Å².